The Morgan fingerprint density at radius 3 is 3.11 bits per heavy atom. The molecule has 0 bridgehead atoms. The van der Waals surface area contributed by atoms with E-state index in [1.807, 2.05) is 0 Å². The van der Waals surface area contributed by atoms with Gasteiger partial charge in [0, 0.05) is 51.7 Å². The quantitative estimate of drug-likeness (QED) is 0.877. The van der Waals surface area contributed by atoms with Gasteiger partial charge in [-0.15, -0.1) is 11.3 Å². The average Bonchev–Trinajstić information content (AvgIpc) is 2.76. The summed E-state index contributed by atoms with van der Waals surface area (Å²) >= 11 is 1.58. The second-order valence-corrected chi connectivity index (χ2v) is 6.23. The molecule has 1 atom stereocenters. The van der Waals surface area contributed by atoms with Crippen molar-refractivity contribution in [1.29, 1.82) is 0 Å². The van der Waals surface area contributed by atoms with E-state index >= 15 is 0 Å². The van der Waals surface area contributed by atoms with Crippen LogP contribution in [0.4, 0.5) is 0 Å². The largest absolute Gasteiger partial charge is 0.348 e. The minimum absolute atomic E-state index is 0.108. The number of carbonyl (C=O) groups excluding carboxylic acids is 1. The summed E-state index contributed by atoms with van der Waals surface area (Å²) in [5.41, 5.74) is 1.08. The molecule has 1 N–H and O–H groups in total. The summed E-state index contributed by atoms with van der Waals surface area (Å²) in [7, 11) is 3.55. The minimum atomic E-state index is 0.108. The van der Waals surface area contributed by atoms with Gasteiger partial charge in [0.2, 0.25) is 5.91 Å². The van der Waals surface area contributed by atoms with E-state index < -0.39 is 0 Å². The van der Waals surface area contributed by atoms with Crippen LogP contribution in [0.5, 0.6) is 0 Å². The summed E-state index contributed by atoms with van der Waals surface area (Å²) in [5, 5.41) is 6.42. The molecule has 1 aliphatic rings. The van der Waals surface area contributed by atoms with Crippen molar-refractivity contribution in [1.82, 2.24) is 20.1 Å². The Bertz CT molecular complexity index is 432. The maximum atomic E-state index is 11.6. The van der Waals surface area contributed by atoms with Gasteiger partial charge in [-0.2, -0.15) is 0 Å². The summed E-state index contributed by atoms with van der Waals surface area (Å²) < 4.78 is 0. The number of thiazole rings is 1. The number of nitrogens with one attached hydrogen (secondary N) is 1. The van der Waals surface area contributed by atoms with Crippen LogP contribution in [0.15, 0.2) is 5.38 Å². The van der Waals surface area contributed by atoms with Crippen molar-refractivity contribution >= 4 is 17.2 Å². The number of likely N-dealkylation sites (N-methyl/N-ethyl adjacent to an activating group) is 1. The molecule has 1 unspecified atom stereocenters. The minimum Gasteiger partial charge on any atom is -0.348 e. The fourth-order valence-corrected chi connectivity index (χ4v) is 2.95. The van der Waals surface area contributed by atoms with Gasteiger partial charge in [0.15, 0.2) is 0 Å². The second-order valence-electron chi connectivity index (χ2n) is 5.29. The van der Waals surface area contributed by atoms with Gasteiger partial charge in [0.1, 0.15) is 5.01 Å². The lowest BCUT2D eigenvalue weighted by Gasteiger charge is -2.31. The van der Waals surface area contributed by atoms with E-state index in [1.165, 1.54) is 0 Å². The average molecular weight is 282 g/mol. The van der Waals surface area contributed by atoms with Crippen molar-refractivity contribution in [2.45, 2.75) is 25.9 Å². The van der Waals surface area contributed by atoms with Gasteiger partial charge in [0.05, 0.1) is 12.1 Å². The second kappa shape index (κ2) is 6.45. The lowest BCUT2D eigenvalue weighted by molar-refractivity contribution is -0.127. The molecular formula is C13H22N4OS. The molecule has 1 amide bonds. The molecular weight excluding hydrogens is 260 g/mol. The highest BCUT2D eigenvalue weighted by atomic mass is 32.1. The van der Waals surface area contributed by atoms with Crippen LogP contribution in [0, 0.1) is 0 Å². The molecule has 0 spiro atoms. The molecule has 5 nitrogen and oxygen atoms in total. The van der Waals surface area contributed by atoms with E-state index in [4.69, 9.17) is 0 Å². The van der Waals surface area contributed by atoms with Crippen LogP contribution in [0.2, 0.25) is 0 Å². The van der Waals surface area contributed by atoms with Crippen LogP contribution < -0.4 is 5.32 Å². The number of carbonyl (C=O) groups is 1. The van der Waals surface area contributed by atoms with Crippen molar-refractivity contribution in [2.24, 2.45) is 0 Å². The van der Waals surface area contributed by atoms with Crippen molar-refractivity contribution < 1.29 is 4.79 Å². The van der Waals surface area contributed by atoms with Gasteiger partial charge >= 0.3 is 0 Å². The molecule has 1 aromatic rings. The molecule has 1 saturated heterocycles. The third-order valence-electron chi connectivity index (χ3n) is 3.24. The van der Waals surface area contributed by atoms with Gasteiger partial charge in [-0.05, 0) is 6.92 Å². The number of hydrogen-bond acceptors (Lipinski definition) is 5. The van der Waals surface area contributed by atoms with Crippen molar-refractivity contribution in [2.75, 3.05) is 33.7 Å². The molecule has 6 heteroatoms. The van der Waals surface area contributed by atoms with Crippen LogP contribution >= 0.6 is 11.3 Å². The van der Waals surface area contributed by atoms with Crippen LogP contribution in [-0.4, -0.2) is 60.5 Å². The summed E-state index contributed by atoms with van der Waals surface area (Å²) in [6.45, 7) is 6.25. The molecule has 1 aliphatic heterocycles. The third-order valence-corrected chi connectivity index (χ3v) is 4.14. The Balaban J connectivity index is 1.88. The Hall–Kier alpha value is -0.980. The van der Waals surface area contributed by atoms with Gasteiger partial charge in [-0.1, -0.05) is 0 Å². The smallest absolute Gasteiger partial charge is 0.228 e. The first-order chi connectivity index (χ1) is 9.04. The first-order valence-electron chi connectivity index (χ1n) is 6.64. The Labute approximate surface area is 118 Å². The molecule has 1 fully saturated rings. The Morgan fingerprint density at radius 1 is 1.63 bits per heavy atom. The fraction of sp³-hybridized carbons (Fsp3) is 0.692. The standard InChI is InChI=1S/C13H22N4OS/c1-10-7-17(5-4-14-10)8-11-9-19-12(15-11)6-13(18)16(2)3/h9-10,14H,4-8H2,1-3H3. The number of rotatable bonds is 4. The molecule has 1 aromatic heterocycles. The van der Waals surface area contributed by atoms with Gasteiger partial charge in [0.25, 0.3) is 0 Å². The predicted octanol–water partition coefficient (Wildman–Crippen LogP) is 0.567. The van der Waals surface area contributed by atoms with E-state index in [2.05, 4.69) is 27.5 Å². The van der Waals surface area contributed by atoms with Crippen LogP contribution in [0.3, 0.4) is 0 Å². The first kappa shape index (κ1) is 14.4. The highest BCUT2D eigenvalue weighted by Crippen LogP contribution is 2.14. The van der Waals surface area contributed by atoms with Crippen LogP contribution in [-0.2, 0) is 17.8 Å². The highest BCUT2D eigenvalue weighted by Gasteiger charge is 2.17. The normalized spacial score (nSPS) is 20.5. The summed E-state index contributed by atoms with van der Waals surface area (Å²) in [4.78, 5) is 20.2. The summed E-state index contributed by atoms with van der Waals surface area (Å²) in [6.07, 6.45) is 0.412. The summed E-state index contributed by atoms with van der Waals surface area (Å²) in [5.74, 6) is 0.108. The Morgan fingerprint density at radius 2 is 2.42 bits per heavy atom. The zero-order valence-electron chi connectivity index (χ0n) is 11.8. The van der Waals surface area contributed by atoms with Gasteiger partial charge < -0.3 is 10.2 Å². The molecule has 0 radical (unpaired) electrons. The van der Waals surface area contributed by atoms with Crippen LogP contribution in [0.1, 0.15) is 17.6 Å². The molecule has 0 saturated carbocycles. The third kappa shape index (κ3) is 4.26. The zero-order valence-corrected chi connectivity index (χ0v) is 12.7. The monoisotopic (exact) mass is 282 g/mol. The van der Waals surface area contributed by atoms with Gasteiger partial charge in [-0.3, -0.25) is 9.69 Å². The molecule has 0 aliphatic carbocycles. The van der Waals surface area contributed by atoms with Crippen molar-refractivity contribution in [3.8, 4) is 0 Å². The fourth-order valence-electron chi connectivity index (χ4n) is 2.18. The number of aromatic nitrogens is 1. The lowest BCUT2D eigenvalue weighted by Crippen LogP contribution is -2.48. The number of hydrogen-bond donors (Lipinski definition) is 1. The molecule has 19 heavy (non-hydrogen) atoms. The van der Waals surface area contributed by atoms with E-state index in [1.54, 1.807) is 30.3 Å². The summed E-state index contributed by atoms with van der Waals surface area (Å²) in [6, 6.07) is 0.544. The van der Waals surface area contributed by atoms with Crippen molar-refractivity contribution in [3.63, 3.8) is 0 Å². The van der Waals surface area contributed by atoms with Crippen molar-refractivity contribution in [3.05, 3.63) is 16.1 Å². The molecule has 2 heterocycles. The lowest BCUT2D eigenvalue weighted by atomic mass is 10.2. The maximum absolute atomic E-state index is 11.6. The molecule has 2 rings (SSSR count). The van der Waals surface area contributed by atoms with E-state index in [9.17, 15) is 4.79 Å². The number of nitrogens with zero attached hydrogens (tertiary/aromatic N) is 3. The SMILES string of the molecule is CC1CN(Cc2csc(CC(=O)N(C)C)n2)CCN1. The van der Waals surface area contributed by atoms with E-state index in [-0.39, 0.29) is 5.91 Å². The van der Waals surface area contributed by atoms with E-state index in [0.29, 0.717) is 12.5 Å². The number of amides is 1. The topological polar surface area (TPSA) is 48.5 Å². The van der Waals surface area contributed by atoms with E-state index in [0.717, 1.165) is 36.9 Å². The van der Waals surface area contributed by atoms with Gasteiger partial charge in [-0.25, -0.2) is 4.98 Å². The Kier molecular flexibility index (Phi) is 4.90. The molecule has 106 valence electrons. The highest BCUT2D eigenvalue weighted by molar-refractivity contribution is 7.09. The van der Waals surface area contributed by atoms with Crippen LogP contribution in [0.25, 0.3) is 0 Å². The first-order valence-corrected chi connectivity index (χ1v) is 7.51. The maximum Gasteiger partial charge on any atom is 0.228 e. The zero-order chi connectivity index (χ0) is 13.8. The molecule has 0 aromatic carbocycles. The predicted molar refractivity (Wildman–Crippen MR) is 77.3 cm³/mol. The number of piperazine rings is 1.